The second kappa shape index (κ2) is 8.97. The van der Waals surface area contributed by atoms with Crippen LogP contribution in [-0.4, -0.2) is 39.5 Å². The highest BCUT2D eigenvalue weighted by atomic mass is 79.9. The molecule has 0 aliphatic heterocycles. The van der Waals surface area contributed by atoms with Gasteiger partial charge in [0.1, 0.15) is 17.2 Å². The number of amidine groups is 1. The third-order valence-corrected chi connectivity index (χ3v) is 5.73. The van der Waals surface area contributed by atoms with Crippen molar-refractivity contribution < 1.29 is 5.11 Å². The number of aliphatic hydroxyl groups excluding tert-OH is 1. The van der Waals surface area contributed by atoms with Crippen molar-refractivity contribution in [3.63, 3.8) is 0 Å². The quantitative estimate of drug-likeness (QED) is 0.180. The second-order valence-corrected chi connectivity index (χ2v) is 8.36. The van der Waals surface area contributed by atoms with Gasteiger partial charge in [0.2, 0.25) is 0 Å². The molecule has 2 heterocycles. The van der Waals surface area contributed by atoms with Gasteiger partial charge in [-0.05, 0) is 48.4 Å². The Morgan fingerprint density at radius 1 is 1.28 bits per heavy atom. The molecule has 9 heteroatoms. The van der Waals surface area contributed by atoms with Gasteiger partial charge in [-0.15, -0.1) is 0 Å². The first-order valence-electron chi connectivity index (χ1n) is 10.0. The Morgan fingerprint density at radius 2 is 2.09 bits per heavy atom. The smallest absolute Gasteiger partial charge is 0.261 e. The standard InChI is InChI=1S/C23H23BrN6O2/c1-12-8-14(21(25)26-2)10-17-20(12)30-22(29-17)19-16(6-7-27-23(19)32)28-11-18(31)13-4-3-5-15(24)9-13/h3-10,18,31H,11H2,1-2H3,(H2,25,26)(H,29,30)(H2,27,28,32). The molecule has 164 valence electrons. The number of nitrogens with zero attached hydrogens (tertiary/aromatic N) is 1. The molecule has 2 aromatic heterocycles. The van der Waals surface area contributed by atoms with Crippen LogP contribution in [0.4, 0.5) is 5.69 Å². The molecular weight excluding hydrogens is 472 g/mol. The molecule has 0 spiro atoms. The molecule has 0 aliphatic rings. The van der Waals surface area contributed by atoms with Gasteiger partial charge in [0.15, 0.2) is 0 Å². The van der Waals surface area contributed by atoms with Gasteiger partial charge < -0.3 is 25.7 Å². The second-order valence-electron chi connectivity index (χ2n) is 7.45. The molecule has 0 saturated carbocycles. The number of pyridine rings is 1. The number of aliphatic hydroxyl groups is 1. The van der Waals surface area contributed by atoms with E-state index in [1.165, 1.54) is 0 Å². The molecular formula is C23H23BrN6O2. The van der Waals surface area contributed by atoms with E-state index in [0.29, 0.717) is 22.9 Å². The molecule has 0 bridgehead atoms. The van der Waals surface area contributed by atoms with Gasteiger partial charge in [-0.25, -0.2) is 4.98 Å². The number of H-pyrrole nitrogens is 2. The van der Waals surface area contributed by atoms with Crippen LogP contribution in [0.2, 0.25) is 0 Å². The maximum atomic E-state index is 12.7. The fourth-order valence-corrected chi connectivity index (χ4v) is 4.01. The molecule has 8 nitrogen and oxygen atoms in total. The lowest BCUT2D eigenvalue weighted by molar-refractivity contribution is 0.191. The fourth-order valence-electron chi connectivity index (χ4n) is 3.60. The Kier molecular flexibility index (Phi) is 6.11. The minimum atomic E-state index is -0.757. The van der Waals surface area contributed by atoms with Crippen molar-refractivity contribution in [2.24, 2.45) is 0 Å². The first kappa shape index (κ1) is 21.8. The lowest BCUT2D eigenvalue weighted by atomic mass is 10.1. The third-order valence-electron chi connectivity index (χ3n) is 5.23. The van der Waals surface area contributed by atoms with Gasteiger partial charge in [0.05, 0.1) is 22.8 Å². The average Bonchev–Trinajstić information content (AvgIpc) is 3.21. The molecule has 1 atom stereocenters. The molecule has 0 saturated heterocycles. The number of nitrogens with one attached hydrogen (secondary N) is 5. The van der Waals surface area contributed by atoms with Crippen molar-refractivity contribution in [2.45, 2.75) is 13.0 Å². The van der Waals surface area contributed by atoms with Crippen molar-refractivity contribution in [1.29, 1.82) is 5.41 Å². The SMILES string of the molecule is CNC(=N)c1cc(C)c2nc(-c3c(NCC(O)c4cccc(Br)c4)cc[nH]c3=O)[nH]c2c1. The number of aromatic nitrogens is 3. The predicted octanol–water partition coefficient (Wildman–Crippen LogP) is 3.68. The van der Waals surface area contributed by atoms with E-state index in [4.69, 9.17) is 5.41 Å². The van der Waals surface area contributed by atoms with Crippen molar-refractivity contribution >= 4 is 38.5 Å². The summed E-state index contributed by atoms with van der Waals surface area (Å²) in [5.41, 5.74) is 4.47. The van der Waals surface area contributed by atoms with Crippen molar-refractivity contribution in [1.82, 2.24) is 20.3 Å². The highest BCUT2D eigenvalue weighted by Gasteiger charge is 2.17. The zero-order chi connectivity index (χ0) is 22.8. The predicted molar refractivity (Wildman–Crippen MR) is 130 cm³/mol. The van der Waals surface area contributed by atoms with E-state index < -0.39 is 6.10 Å². The summed E-state index contributed by atoms with van der Waals surface area (Å²) in [5, 5.41) is 24.6. The van der Waals surface area contributed by atoms with Gasteiger partial charge in [-0.1, -0.05) is 28.1 Å². The van der Waals surface area contributed by atoms with Crippen LogP contribution in [0.5, 0.6) is 0 Å². The van der Waals surface area contributed by atoms with Gasteiger partial charge in [-0.3, -0.25) is 10.2 Å². The molecule has 1 unspecified atom stereocenters. The topological polar surface area (TPSA) is 130 Å². The van der Waals surface area contributed by atoms with Crippen molar-refractivity contribution in [3.8, 4) is 11.4 Å². The Balaban J connectivity index is 1.69. The van der Waals surface area contributed by atoms with Crippen LogP contribution < -0.4 is 16.2 Å². The summed E-state index contributed by atoms with van der Waals surface area (Å²) in [6, 6.07) is 12.9. The molecule has 0 aliphatic carbocycles. The molecule has 4 aromatic rings. The van der Waals surface area contributed by atoms with E-state index in [1.807, 2.05) is 43.3 Å². The summed E-state index contributed by atoms with van der Waals surface area (Å²) in [5.74, 6) is 0.713. The molecule has 4 rings (SSSR count). The Morgan fingerprint density at radius 3 is 2.84 bits per heavy atom. The number of benzene rings is 2. The number of fused-ring (bicyclic) bond motifs is 1. The van der Waals surface area contributed by atoms with E-state index in [9.17, 15) is 9.90 Å². The van der Waals surface area contributed by atoms with Gasteiger partial charge in [0, 0.05) is 29.8 Å². The lowest BCUT2D eigenvalue weighted by Gasteiger charge is -2.15. The van der Waals surface area contributed by atoms with Crippen LogP contribution in [0.15, 0.2) is 57.9 Å². The minimum absolute atomic E-state index is 0.218. The third kappa shape index (κ3) is 4.30. The number of aryl methyl sites for hydroxylation is 1. The molecule has 32 heavy (non-hydrogen) atoms. The van der Waals surface area contributed by atoms with Crippen molar-refractivity contribution in [3.05, 3.63) is 80.2 Å². The first-order chi connectivity index (χ1) is 15.4. The normalized spacial score (nSPS) is 12.0. The largest absolute Gasteiger partial charge is 0.387 e. The number of halogens is 1. The van der Waals surface area contributed by atoms with E-state index in [-0.39, 0.29) is 12.1 Å². The fraction of sp³-hybridized carbons (Fsp3) is 0.174. The number of aromatic amines is 2. The maximum Gasteiger partial charge on any atom is 0.261 e. The highest BCUT2D eigenvalue weighted by Crippen LogP contribution is 2.27. The summed E-state index contributed by atoms with van der Waals surface area (Å²) in [7, 11) is 1.70. The lowest BCUT2D eigenvalue weighted by Crippen LogP contribution is -2.17. The molecule has 2 aromatic carbocycles. The molecule has 0 fully saturated rings. The summed E-state index contributed by atoms with van der Waals surface area (Å²) in [6.07, 6.45) is 0.799. The van der Waals surface area contributed by atoms with Crippen LogP contribution >= 0.6 is 15.9 Å². The van der Waals surface area contributed by atoms with Crippen LogP contribution in [0.25, 0.3) is 22.4 Å². The Bertz CT molecular complexity index is 1360. The zero-order valence-corrected chi connectivity index (χ0v) is 19.2. The Labute approximate surface area is 192 Å². The number of rotatable bonds is 6. The number of imidazole rings is 1. The van der Waals surface area contributed by atoms with E-state index in [1.54, 1.807) is 19.3 Å². The molecule has 6 N–H and O–H groups in total. The summed E-state index contributed by atoms with van der Waals surface area (Å²) in [6.45, 7) is 2.14. The Hall–Kier alpha value is -3.43. The molecule has 0 amide bonds. The monoisotopic (exact) mass is 494 g/mol. The average molecular weight is 495 g/mol. The minimum Gasteiger partial charge on any atom is -0.387 e. The van der Waals surface area contributed by atoms with Crippen molar-refractivity contribution in [2.75, 3.05) is 18.9 Å². The number of hydrogen-bond donors (Lipinski definition) is 6. The van der Waals surface area contributed by atoms with Gasteiger partial charge >= 0.3 is 0 Å². The summed E-state index contributed by atoms with van der Waals surface area (Å²) < 4.78 is 0.884. The van der Waals surface area contributed by atoms with Crippen LogP contribution in [0, 0.1) is 12.3 Å². The van der Waals surface area contributed by atoms with E-state index in [2.05, 4.69) is 41.5 Å². The maximum absolute atomic E-state index is 12.7. The summed E-state index contributed by atoms with van der Waals surface area (Å²) in [4.78, 5) is 23.3. The van der Waals surface area contributed by atoms with Crippen LogP contribution in [-0.2, 0) is 0 Å². The van der Waals surface area contributed by atoms with Gasteiger partial charge in [0.25, 0.3) is 5.56 Å². The van der Waals surface area contributed by atoms with Crippen LogP contribution in [0.3, 0.4) is 0 Å². The highest BCUT2D eigenvalue weighted by molar-refractivity contribution is 9.10. The number of anilines is 1. The summed E-state index contributed by atoms with van der Waals surface area (Å²) >= 11 is 3.41. The molecule has 0 radical (unpaired) electrons. The van der Waals surface area contributed by atoms with Crippen LogP contribution in [0.1, 0.15) is 22.8 Å². The van der Waals surface area contributed by atoms with E-state index in [0.717, 1.165) is 32.2 Å². The number of hydrogen-bond acceptors (Lipinski definition) is 5. The van der Waals surface area contributed by atoms with E-state index >= 15 is 0 Å². The zero-order valence-electron chi connectivity index (χ0n) is 17.6. The van der Waals surface area contributed by atoms with Gasteiger partial charge in [-0.2, -0.15) is 0 Å². The first-order valence-corrected chi connectivity index (χ1v) is 10.8.